The van der Waals surface area contributed by atoms with Gasteiger partial charge in [0.1, 0.15) is 41.9 Å². The summed E-state index contributed by atoms with van der Waals surface area (Å²) in [7, 11) is 7.53. The summed E-state index contributed by atoms with van der Waals surface area (Å²) < 4.78 is 63.6. The van der Waals surface area contributed by atoms with Gasteiger partial charge in [-0.15, -0.1) is 0 Å². The maximum absolute atomic E-state index is 15.7. The lowest BCUT2D eigenvalue weighted by atomic mass is 10.0. The molecule has 4 aromatic carbocycles. The van der Waals surface area contributed by atoms with Crippen LogP contribution in [-0.2, 0) is 5.75 Å². The zero-order valence-electron chi connectivity index (χ0n) is 31.6. The van der Waals surface area contributed by atoms with Crippen LogP contribution in [0.1, 0.15) is 15.9 Å². The fraction of sp³-hybridized carbons (Fsp3) is 0.300. The highest BCUT2D eigenvalue weighted by atomic mass is 32.2. The Bertz CT molecular complexity index is 2150. The molecule has 0 saturated carbocycles. The summed E-state index contributed by atoms with van der Waals surface area (Å²) in [6, 6.07) is 17.8. The number of carbonyl (C=O) groups excluding carboxylic acids is 1. The third kappa shape index (κ3) is 9.47. The van der Waals surface area contributed by atoms with Crippen LogP contribution in [0.5, 0.6) is 17.2 Å². The minimum absolute atomic E-state index is 0.0137. The van der Waals surface area contributed by atoms with Crippen molar-refractivity contribution in [3.63, 3.8) is 0 Å². The second-order valence-electron chi connectivity index (χ2n) is 12.9. The van der Waals surface area contributed by atoms with Crippen LogP contribution in [0.2, 0.25) is 0 Å². The van der Waals surface area contributed by atoms with Gasteiger partial charge in [-0.3, -0.25) is 9.36 Å². The van der Waals surface area contributed by atoms with E-state index in [1.807, 2.05) is 11.0 Å². The largest absolute Gasteiger partial charge is 0.494 e. The van der Waals surface area contributed by atoms with Crippen molar-refractivity contribution in [1.29, 1.82) is 0 Å². The molecule has 0 aliphatic rings. The molecule has 1 heterocycles. The van der Waals surface area contributed by atoms with Gasteiger partial charge < -0.3 is 49.5 Å². The summed E-state index contributed by atoms with van der Waals surface area (Å²) in [5, 5.41) is 49.1. The number of aliphatic hydroxyl groups excluding tert-OH is 5. The number of ether oxygens (including phenoxy) is 3. The minimum atomic E-state index is -1.84. The molecule has 57 heavy (non-hydrogen) atoms. The van der Waals surface area contributed by atoms with Gasteiger partial charge in [-0.05, 0) is 59.7 Å². The van der Waals surface area contributed by atoms with Crippen molar-refractivity contribution in [3.05, 3.63) is 108 Å². The zero-order chi connectivity index (χ0) is 41.6. The average Bonchev–Trinajstić information content (AvgIpc) is 3.65. The molecule has 0 aliphatic heterocycles. The first-order valence-electron chi connectivity index (χ1n) is 17.4. The van der Waals surface area contributed by atoms with Gasteiger partial charge in [0.05, 0.1) is 39.8 Å². The van der Waals surface area contributed by atoms with Crippen LogP contribution in [-0.4, -0.2) is 119 Å². The topological polar surface area (TPSA) is 170 Å². The van der Waals surface area contributed by atoms with Gasteiger partial charge >= 0.3 is 0 Å². The molecule has 0 bridgehead atoms. The Balaban J connectivity index is 1.36. The number of likely N-dealkylation sites (N-methyl/N-ethyl adjacent to an activating group) is 1. The SMILES string of the molecule is COc1cc(-n2c(N(C)c3ccc(OC)c(OC)c3)cnc2SCc2c(F)cc(-c3ccc(C(=O)N(C)C[C@H](O)[C@@H](O)[C@H](O)C(O)CO)cc3)cc2F)ccc1F. The molecular formula is C40H43F3N4O9S. The number of carbonyl (C=O) groups is 1. The maximum Gasteiger partial charge on any atom is 0.253 e. The van der Waals surface area contributed by atoms with Crippen molar-refractivity contribution >= 4 is 29.2 Å². The van der Waals surface area contributed by atoms with Crippen molar-refractivity contribution in [3.8, 4) is 34.1 Å². The number of hydrogen-bond donors (Lipinski definition) is 5. The Kier molecular flexibility index (Phi) is 14.1. The molecule has 0 saturated heterocycles. The first kappa shape index (κ1) is 42.8. The lowest BCUT2D eigenvalue weighted by Gasteiger charge is -2.28. The Labute approximate surface area is 331 Å². The summed E-state index contributed by atoms with van der Waals surface area (Å²) in [4.78, 5) is 20.5. The van der Waals surface area contributed by atoms with E-state index in [0.29, 0.717) is 39.4 Å². The average molecular weight is 813 g/mol. The van der Waals surface area contributed by atoms with Crippen molar-refractivity contribution in [1.82, 2.24) is 14.5 Å². The number of amides is 1. The number of imidazole rings is 1. The van der Waals surface area contributed by atoms with Crippen LogP contribution in [0.15, 0.2) is 84.1 Å². The number of benzene rings is 4. The summed E-state index contributed by atoms with van der Waals surface area (Å²) in [5.41, 5.74) is 1.74. The first-order valence-corrected chi connectivity index (χ1v) is 18.4. The fourth-order valence-corrected chi connectivity index (χ4v) is 6.97. The Morgan fingerprint density at radius 1 is 0.772 bits per heavy atom. The van der Waals surface area contributed by atoms with Crippen LogP contribution in [0.3, 0.4) is 0 Å². The number of aromatic nitrogens is 2. The molecule has 13 nitrogen and oxygen atoms in total. The molecule has 1 unspecified atom stereocenters. The van der Waals surface area contributed by atoms with Crippen LogP contribution >= 0.6 is 11.8 Å². The number of methoxy groups -OCH3 is 3. The van der Waals surface area contributed by atoms with E-state index >= 15 is 8.78 Å². The van der Waals surface area contributed by atoms with E-state index in [2.05, 4.69) is 4.98 Å². The molecule has 5 aromatic rings. The number of halogens is 3. The highest BCUT2D eigenvalue weighted by molar-refractivity contribution is 7.98. The molecule has 5 N–H and O–H groups in total. The van der Waals surface area contributed by atoms with Crippen molar-refractivity contribution in [2.75, 3.05) is 53.5 Å². The highest BCUT2D eigenvalue weighted by Gasteiger charge is 2.31. The van der Waals surface area contributed by atoms with Gasteiger partial charge in [-0.2, -0.15) is 0 Å². The second-order valence-corrected chi connectivity index (χ2v) is 13.9. The van der Waals surface area contributed by atoms with Gasteiger partial charge in [0, 0.05) is 55.3 Å². The number of rotatable bonds is 17. The normalized spacial score (nSPS) is 13.4. The molecule has 0 fully saturated rings. The fourth-order valence-electron chi connectivity index (χ4n) is 5.97. The summed E-state index contributed by atoms with van der Waals surface area (Å²) >= 11 is 1.06. The highest BCUT2D eigenvalue weighted by Crippen LogP contribution is 2.38. The number of anilines is 2. The van der Waals surface area contributed by atoms with Crippen molar-refractivity contribution in [2.45, 2.75) is 35.3 Å². The number of nitrogens with zero attached hydrogens (tertiary/aromatic N) is 4. The molecular weight excluding hydrogens is 770 g/mol. The zero-order valence-corrected chi connectivity index (χ0v) is 32.5. The Morgan fingerprint density at radius 3 is 2.02 bits per heavy atom. The van der Waals surface area contributed by atoms with Crippen LogP contribution in [0.4, 0.5) is 24.7 Å². The second kappa shape index (κ2) is 18.8. The number of hydrogen-bond acceptors (Lipinski definition) is 12. The first-order chi connectivity index (χ1) is 27.2. The third-order valence-electron chi connectivity index (χ3n) is 9.29. The lowest BCUT2D eigenvalue weighted by molar-refractivity contribution is -0.117. The number of thioether (sulfide) groups is 1. The summed E-state index contributed by atoms with van der Waals surface area (Å²) in [6.45, 7) is -1.26. The minimum Gasteiger partial charge on any atom is -0.494 e. The molecule has 1 amide bonds. The maximum atomic E-state index is 15.7. The van der Waals surface area contributed by atoms with Crippen LogP contribution < -0.4 is 19.1 Å². The van der Waals surface area contributed by atoms with Crippen molar-refractivity contribution in [2.24, 2.45) is 0 Å². The van der Waals surface area contributed by atoms with E-state index < -0.39 is 60.9 Å². The van der Waals surface area contributed by atoms with E-state index in [-0.39, 0.29) is 28.2 Å². The van der Waals surface area contributed by atoms with Crippen LogP contribution in [0, 0.1) is 17.5 Å². The molecule has 0 aliphatic carbocycles. The van der Waals surface area contributed by atoms with Gasteiger partial charge in [0.15, 0.2) is 28.2 Å². The Morgan fingerprint density at radius 2 is 1.40 bits per heavy atom. The summed E-state index contributed by atoms with van der Waals surface area (Å²) in [5.74, 6) is -1.40. The molecule has 5 rings (SSSR count). The third-order valence-corrected chi connectivity index (χ3v) is 10.3. The molecule has 1 aromatic heterocycles. The molecule has 304 valence electrons. The van der Waals surface area contributed by atoms with Gasteiger partial charge in [-0.25, -0.2) is 18.2 Å². The molecule has 0 radical (unpaired) electrons. The van der Waals surface area contributed by atoms with Crippen LogP contribution in [0.25, 0.3) is 16.8 Å². The summed E-state index contributed by atoms with van der Waals surface area (Å²) in [6.07, 6.45) is -5.44. The molecule has 17 heteroatoms. The quantitative estimate of drug-likeness (QED) is 0.0833. The standard InChI is InChI=1S/C40H43F3N4O9S/c1-45(19-31(49)37(51)38(52)32(50)20-48)39(53)23-8-6-22(7-9-23)24-14-29(42)27(30(43)15-24)21-57-40-44-18-36(47(40)26-10-12-28(41)34(17-26)55-4)46(2)25-11-13-33(54-3)35(16-25)56-5/h6-18,31-32,37-38,48-52H,19-21H2,1-5H3/t31-,32?,37+,38+/m0/s1. The van der Waals surface area contributed by atoms with Crippen molar-refractivity contribution < 1.29 is 57.7 Å². The van der Waals surface area contributed by atoms with Gasteiger partial charge in [0.25, 0.3) is 5.91 Å². The van der Waals surface area contributed by atoms with Gasteiger partial charge in [0.2, 0.25) is 0 Å². The lowest BCUT2D eigenvalue weighted by Crippen LogP contribution is -2.49. The monoisotopic (exact) mass is 812 g/mol. The predicted molar refractivity (Wildman–Crippen MR) is 207 cm³/mol. The number of aliphatic hydroxyl groups is 5. The Hall–Kier alpha value is -5.30. The predicted octanol–water partition coefficient (Wildman–Crippen LogP) is 4.55. The van der Waals surface area contributed by atoms with E-state index in [1.165, 1.54) is 83.0 Å². The van der Waals surface area contributed by atoms with E-state index in [9.17, 15) is 29.6 Å². The van der Waals surface area contributed by atoms with E-state index in [0.717, 1.165) is 16.7 Å². The molecule has 4 atom stereocenters. The smallest absolute Gasteiger partial charge is 0.253 e. The van der Waals surface area contributed by atoms with Gasteiger partial charge in [-0.1, -0.05) is 23.9 Å². The van der Waals surface area contributed by atoms with E-state index in [4.69, 9.17) is 19.3 Å². The molecule has 0 spiro atoms. The van der Waals surface area contributed by atoms with E-state index in [1.54, 1.807) is 29.9 Å².